The Kier molecular flexibility index (Phi) is 9.74. The van der Waals surface area contributed by atoms with Crippen LogP contribution in [-0.2, 0) is 39.3 Å². The number of rotatable bonds is 10. The number of carbonyl (C=O) groups excluding carboxylic acids is 2. The average Bonchev–Trinajstić information content (AvgIpc) is 2.77. The molecule has 0 bridgehead atoms. The highest BCUT2D eigenvalue weighted by molar-refractivity contribution is 7.51. The Balaban J connectivity index is 2.10. The lowest BCUT2D eigenvalue weighted by atomic mass is 9.97. The number of aliphatic hydroxyl groups excluding tert-OH is 3. The first kappa shape index (κ1) is 26.4. The van der Waals surface area contributed by atoms with Crippen molar-refractivity contribution < 1.29 is 48.0 Å². The van der Waals surface area contributed by atoms with Crippen molar-refractivity contribution in [3.63, 3.8) is 0 Å². The molecule has 1 fully saturated rings. The smallest absolute Gasteiger partial charge is 0.406 e. The molecule has 7 atom stereocenters. The summed E-state index contributed by atoms with van der Waals surface area (Å²) in [7, 11) is -3.22. The highest BCUT2D eigenvalue weighted by Gasteiger charge is 2.49. The minimum Gasteiger partial charge on any atom is -0.460 e. The maximum absolute atomic E-state index is 13.1. The molecule has 32 heavy (non-hydrogen) atoms. The van der Waals surface area contributed by atoms with Crippen molar-refractivity contribution >= 4 is 19.6 Å². The first-order valence-corrected chi connectivity index (χ1v) is 11.4. The van der Waals surface area contributed by atoms with Gasteiger partial charge in [0, 0.05) is 14.0 Å². The number of ether oxygens (including phenoxy) is 2. The van der Waals surface area contributed by atoms with Gasteiger partial charge in [0.15, 0.2) is 6.29 Å². The third kappa shape index (κ3) is 7.06. The van der Waals surface area contributed by atoms with Crippen LogP contribution in [0.3, 0.4) is 0 Å². The van der Waals surface area contributed by atoms with Crippen LogP contribution in [0.1, 0.15) is 19.4 Å². The number of amides is 1. The molecule has 2 unspecified atom stereocenters. The van der Waals surface area contributed by atoms with E-state index in [0.29, 0.717) is 0 Å². The minimum absolute atomic E-state index is 0.00249. The van der Waals surface area contributed by atoms with E-state index in [2.05, 4.69) is 10.4 Å². The molecule has 1 aromatic rings. The fraction of sp³-hybridized carbons (Fsp3) is 0.579. The fourth-order valence-corrected chi connectivity index (χ4v) is 4.44. The zero-order valence-corrected chi connectivity index (χ0v) is 18.8. The van der Waals surface area contributed by atoms with Gasteiger partial charge < -0.3 is 34.6 Å². The second kappa shape index (κ2) is 11.8. The first-order valence-electron chi connectivity index (χ1n) is 9.82. The van der Waals surface area contributed by atoms with Crippen molar-refractivity contribution in [3.8, 4) is 0 Å². The zero-order chi connectivity index (χ0) is 23.9. The molecule has 1 aromatic carbocycles. The van der Waals surface area contributed by atoms with Gasteiger partial charge in [0.2, 0.25) is 5.91 Å². The second-order valence-electron chi connectivity index (χ2n) is 7.16. The number of carbonyl (C=O) groups is 2. The highest BCUT2D eigenvalue weighted by atomic mass is 31.2. The number of esters is 1. The molecule has 5 N–H and O–H groups in total. The summed E-state index contributed by atoms with van der Waals surface area (Å²) in [5.74, 6) is -1.33. The molecule has 0 saturated carbocycles. The lowest BCUT2D eigenvalue weighted by Gasteiger charge is -2.43. The second-order valence-corrected chi connectivity index (χ2v) is 8.99. The van der Waals surface area contributed by atoms with Crippen LogP contribution in [0.5, 0.6) is 0 Å². The van der Waals surface area contributed by atoms with Crippen LogP contribution in [0, 0.1) is 0 Å². The van der Waals surface area contributed by atoms with Crippen LogP contribution < -0.4 is 10.4 Å². The Morgan fingerprint density at radius 2 is 1.91 bits per heavy atom. The normalized spacial score (nSPS) is 28.4. The summed E-state index contributed by atoms with van der Waals surface area (Å²) in [6, 6.07) is 6.46. The number of nitrogens with one attached hydrogen (secondary N) is 2. The largest absolute Gasteiger partial charge is 0.460 e. The average molecular weight is 476 g/mol. The van der Waals surface area contributed by atoms with E-state index in [4.69, 9.17) is 18.5 Å². The van der Waals surface area contributed by atoms with Gasteiger partial charge in [0.1, 0.15) is 37.0 Å². The predicted octanol–water partition coefficient (Wildman–Crippen LogP) is -0.577. The Hall–Kier alpha value is -1.89. The molecular formula is C19H29N2O10P. The molecule has 0 radical (unpaired) electrons. The molecule has 2 rings (SSSR count). The van der Waals surface area contributed by atoms with E-state index in [1.807, 2.05) is 6.07 Å². The summed E-state index contributed by atoms with van der Waals surface area (Å²) in [4.78, 5) is 23.8. The third-order valence-electron chi connectivity index (χ3n) is 4.67. The van der Waals surface area contributed by atoms with Crippen molar-refractivity contribution in [1.82, 2.24) is 10.4 Å². The van der Waals surface area contributed by atoms with E-state index >= 15 is 0 Å². The lowest BCUT2D eigenvalue weighted by molar-refractivity contribution is -0.250. The van der Waals surface area contributed by atoms with E-state index in [9.17, 15) is 29.5 Å². The standard InChI is InChI=1S/C19H29N2O10P/c1-11(18(25)29-10-13-7-5-4-6-8-13)21-32(27,28-3)31-17-15(20-12(2)23)19(26)30-14(9-22)16(17)24/h4-8,11,14-17,19,22,24,26H,9-10H2,1-3H3,(H,20,23)(H,21,27)/t11?,14-,15-,16-,17-,19+,32?/m1/s1. The summed E-state index contributed by atoms with van der Waals surface area (Å²) in [5, 5.41) is 34.7. The van der Waals surface area contributed by atoms with Gasteiger partial charge in [0.05, 0.1) is 6.61 Å². The Labute approximate surface area is 185 Å². The van der Waals surface area contributed by atoms with Gasteiger partial charge in [0.25, 0.3) is 0 Å². The van der Waals surface area contributed by atoms with Crippen LogP contribution in [0.25, 0.3) is 0 Å². The number of aliphatic hydroxyl groups is 3. The monoisotopic (exact) mass is 476 g/mol. The molecular weight excluding hydrogens is 447 g/mol. The molecule has 1 amide bonds. The van der Waals surface area contributed by atoms with Crippen molar-refractivity contribution in [2.24, 2.45) is 0 Å². The summed E-state index contributed by atoms with van der Waals surface area (Å²) in [6.07, 6.45) is -6.06. The maximum Gasteiger partial charge on any atom is 0.406 e. The van der Waals surface area contributed by atoms with E-state index in [-0.39, 0.29) is 6.61 Å². The van der Waals surface area contributed by atoms with Crippen molar-refractivity contribution in [1.29, 1.82) is 0 Å². The summed E-state index contributed by atoms with van der Waals surface area (Å²) < 4.78 is 33.8. The minimum atomic E-state index is -4.27. The Morgan fingerprint density at radius 1 is 1.25 bits per heavy atom. The van der Waals surface area contributed by atoms with Gasteiger partial charge in [-0.2, -0.15) is 0 Å². The van der Waals surface area contributed by atoms with Crippen molar-refractivity contribution in [3.05, 3.63) is 35.9 Å². The van der Waals surface area contributed by atoms with E-state index in [0.717, 1.165) is 19.6 Å². The van der Waals surface area contributed by atoms with Crippen LogP contribution in [0.4, 0.5) is 0 Å². The fourth-order valence-electron chi connectivity index (χ4n) is 3.03. The summed E-state index contributed by atoms with van der Waals surface area (Å²) in [5.41, 5.74) is 0.756. The number of hydrogen-bond donors (Lipinski definition) is 5. The third-order valence-corrected chi connectivity index (χ3v) is 6.38. The van der Waals surface area contributed by atoms with Crippen LogP contribution in [0.2, 0.25) is 0 Å². The quantitative estimate of drug-likeness (QED) is 0.216. The van der Waals surface area contributed by atoms with Crippen molar-refractivity contribution in [2.75, 3.05) is 13.7 Å². The molecule has 0 aromatic heterocycles. The van der Waals surface area contributed by atoms with Gasteiger partial charge in [-0.25, -0.2) is 9.65 Å². The van der Waals surface area contributed by atoms with Gasteiger partial charge in [-0.3, -0.25) is 14.1 Å². The molecule has 0 spiro atoms. The molecule has 1 heterocycles. The Morgan fingerprint density at radius 3 is 2.47 bits per heavy atom. The maximum atomic E-state index is 13.1. The first-order chi connectivity index (χ1) is 15.1. The lowest BCUT2D eigenvalue weighted by Crippen LogP contribution is -2.64. The highest BCUT2D eigenvalue weighted by Crippen LogP contribution is 2.47. The van der Waals surface area contributed by atoms with Gasteiger partial charge in [-0.1, -0.05) is 30.3 Å². The van der Waals surface area contributed by atoms with Gasteiger partial charge in [-0.15, -0.1) is 0 Å². The van der Waals surface area contributed by atoms with E-state index in [1.165, 1.54) is 6.92 Å². The van der Waals surface area contributed by atoms with Crippen molar-refractivity contribution in [2.45, 2.75) is 57.1 Å². The number of hydrogen-bond acceptors (Lipinski definition) is 10. The molecule has 13 heteroatoms. The number of benzene rings is 1. The summed E-state index contributed by atoms with van der Waals surface area (Å²) in [6.45, 7) is 1.85. The molecule has 1 aliphatic heterocycles. The molecule has 12 nitrogen and oxygen atoms in total. The van der Waals surface area contributed by atoms with Gasteiger partial charge in [-0.05, 0) is 12.5 Å². The van der Waals surface area contributed by atoms with E-state index in [1.54, 1.807) is 24.3 Å². The van der Waals surface area contributed by atoms with Crippen LogP contribution in [0.15, 0.2) is 30.3 Å². The van der Waals surface area contributed by atoms with Crippen LogP contribution >= 0.6 is 7.75 Å². The molecule has 180 valence electrons. The van der Waals surface area contributed by atoms with E-state index < -0.39 is 62.9 Å². The van der Waals surface area contributed by atoms with Crippen LogP contribution in [-0.4, -0.2) is 77.6 Å². The predicted molar refractivity (Wildman–Crippen MR) is 110 cm³/mol. The molecule has 0 aliphatic carbocycles. The summed E-state index contributed by atoms with van der Waals surface area (Å²) >= 11 is 0. The molecule has 1 aliphatic rings. The topological polar surface area (TPSA) is 173 Å². The Bertz CT molecular complexity index is 811. The molecule has 1 saturated heterocycles. The van der Waals surface area contributed by atoms with Gasteiger partial charge >= 0.3 is 13.7 Å². The zero-order valence-electron chi connectivity index (χ0n) is 17.9. The SMILES string of the molecule is COP(=O)(NC(C)C(=O)OCc1ccccc1)O[C@H]1[C@H](O)[C@@H](CO)O[C@H](O)[C@@H]1NC(C)=O.